The van der Waals surface area contributed by atoms with Crippen LogP contribution in [0.2, 0.25) is 0 Å². The number of aliphatic hydroxyl groups excluding tert-OH is 2. The lowest BCUT2D eigenvalue weighted by Gasteiger charge is -2.22. The Kier molecular flexibility index (Phi) is 54.0. The fourth-order valence-electron chi connectivity index (χ4n) is 9.28. The number of ether oxygens (including phenoxy) is 1. The molecule has 6 heteroatoms. The summed E-state index contributed by atoms with van der Waals surface area (Å²) in [6, 6.07) is -0.540. The van der Waals surface area contributed by atoms with Crippen LogP contribution < -0.4 is 5.32 Å². The van der Waals surface area contributed by atoms with E-state index in [1.807, 2.05) is 0 Å². The second-order valence-corrected chi connectivity index (χ2v) is 20.3. The molecule has 0 aromatic carbocycles. The number of hydrogen-bond donors (Lipinski definition) is 3. The van der Waals surface area contributed by atoms with Gasteiger partial charge in [-0.25, -0.2) is 0 Å². The Labute approximate surface area is 406 Å². The molecule has 0 saturated carbocycles. The molecule has 65 heavy (non-hydrogen) atoms. The highest BCUT2D eigenvalue weighted by molar-refractivity contribution is 5.76. The van der Waals surface area contributed by atoms with Crippen LogP contribution >= 0.6 is 0 Å². The van der Waals surface area contributed by atoms with E-state index in [-0.39, 0.29) is 18.5 Å². The number of unbranched alkanes of at least 4 members (excludes halogenated alkanes) is 42. The van der Waals surface area contributed by atoms with Crippen LogP contribution in [0.3, 0.4) is 0 Å². The van der Waals surface area contributed by atoms with Gasteiger partial charge in [0.15, 0.2) is 0 Å². The van der Waals surface area contributed by atoms with E-state index >= 15 is 0 Å². The van der Waals surface area contributed by atoms with E-state index < -0.39 is 12.1 Å². The highest BCUT2D eigenvalue weighted by Crippen LogP contribution is 2.18. The van der Waals surface area contributed by atoms with Crippen LogP contribution in [0.15, 0.2) is 12.2 Å². The Morgan fingerprint density at radius 3 is 1.09 bits per heavy atom. The van der Waals surface area contributed by atoms with Crippen molar-refractivity contribution in [2.45, 2.75) is 341 Å². The van der Waals surface area contributed by atoms with Crippen LogP contribution in [-0.2, 0) is 14.3 Å². The number of esters is 1. The van der Waals surface area contributed by atoms with Crippen molar-refractivity contribution in [3.63, 3.8) is 0 Å². The molecule has 3 N–H and O–H groups in total. The van der Waals surface area contributed by atoms with Crippen LogP contribution in [0.5, 0.6) is 0 Å². The maximum atomic E-state index is 12.4. The summed E-state index contributed by atoms with van der Waals surface area (Å²) in [5, 5.41) is 23.2. The van der Waals surface area contributed by atoms with E-state index in [2.05, 4.69) is 31.3 Å². The topological polar surface area (TPSA) is 95.9 Å². The van der Waals surface area contributed by atoms with Crippen molar-refractivity contribution in [2.75, 3.05) is 13.2 Å². The Bertz CT molecular complexity index is 970. The van der Waals surface area contributed by atoms with Crippen molar-refractivity contribution < 1.29 is 24.5 Å². The molecule has 0 radical (unpaired) electrons. The number of carbonyl (C=O) groups is 2. The number of amides is 1. The summed E-state index contributed by atoms with van der Waals surface area (Å²) in [4.78, 5) is 24.5. The number of allylic oxidation sites excluding steroid dienone is 2. The molecule has 0 aliphatic rings. The highest BCUT2D eigenvalue weighted by Gasteiger charge is 2.20. The minimum Gasteiger partial charge on any atom is -0.466 e. The van der Waals surface area contributed by atoms with Gasteiger partial charge in [0, 0.05) is 12.8 Å². The molecule has 0 fully saturated rings. The lowest BCUT2D eigenvalue weighted by Crippen LogP contribution is -2.45. The summed E-state index contributed by atoms with van der Waals surface area (Å²) >= 11 is 0. The van der Waals surface area contributed by atoms with E-state index in [1.165, 1.54) is 250 Å². The molecule has 0 saturated heterocycles. The maximum absolute atomic E-state index is 12.4. The van der Waals surface area contributed by atoms with Gasteiger partial charge in [-0.3, -0.25) is 9.59 Å². The van der Waals surface area contributed by atoms with Crippen LogP contribution in [0, 0.1) is 0 Å². The first-order chi connectivity index (χ1) is 32.0. The van der Waals surface area contributed by atoms with Gasteiger partial charge in [0.2, 0.25) is 5.91 Å². The first-order valence-electron chi connectivity index (χ1n) is 29.4. The van der Waals surface area contributed by atoms with Gasteiger partial charge in [0.1, 0.15) is 0 Å². The highest BCUT2D eigenvalue weighted by atomic mass is 16.5. The number of aliphatic hydroxyl groups is 2. The zero-order chi connectivity index (χ0) is 47.2. The predicted molar refractivity (Wildman–Crippen MR) is 283 cm³/mol. The van der Waals surface area contributed by atoms with Crippen molar-refractivity contribution in [3.8, 4) is 0 Å². The van der Waals surface area contributed by atoms with Crippen molar-refractivity contribution >= 4 is 11.9 Å². The molecule has 1 amide bonds. The first kappa shape index (κ1) is 63.6. The average Bonchev–Trinajstić information content (AvgIpc) is 3.31. The molecule has 0 rings (SSSR count). The molecule has 2 unspecified atom stereocenters. The molecule has 0 aliphatic heterocycles. The second kappa shape index (κ2) is 55.2. The molecule has 386 valence electrons. The molecular formula is C59H115NO5. The summed E-state index contributed by atoms with van der Waals surface area (Å²) in [5.41, 5.74) is 0. The van der Waals surface area contributed by atoms with E-state index in [4.69, 9.17) is 4.74 Å². The SMILES string of the molecule is CCCCCCCCC/C=C\CCCCCCCC(=O)OCCCCCCCCCCCCCCCCCCCCCCCC(=O)NC(CO)C(O)CCCCCCCCCCCCC. The largest absolute Gasteiger partial charge is 0.466 e. The van der Waals surface area contributed by atoms with E-state index in [0.717, 1.165) is 44.9 Å². The monoisotopic (exact) mass is 918 g/mol. The lowest BCUT2D eigenvalue weighted by atomic mass is 10.0. The first-order valence-corrected chi connectivity index (χ1v) is 29.4. The van der Waals surface area contributed by atoms with E-state index in [9.17, 15) is 19.8 Å². The summed E-state index contributed by atoms with van der Waals surface area (Å²) < 4.78 is 5.48. The molecule has 0 aliphatic carbocycles. The minimum absolute atomic E-state index is 0.00505. The van der Waals surface area contributed by atoms with Crippen molar-refractivity contribution in [1.29, 1.82) is 0 Å². The second-order valence-electron chi connectivity index (χ2n) is 20.3. The van der Waals surface area contributed by atoms with Crippen molar-refractivity contribution in [3.05, 3.63) is 12.2 Å². The smallest absolute Gasteiger partial charge is 0.305 e. The van der Waals surface area contributed by atoms with Gasteiger partial charge in [0.05, 0.1) is 25.4 Å². The lowest BCUT2D eigenvalue weighted by molar-refractivity contribution is -0.143. The van der Waals surface area contributed by atoms with Gasteiger partial charge >= 0.3 is 5.97 Å². The number of carbonyl (C=O) groups excluding carboxylic acids is 2. The quantitative estimate of drug-likeness (QED) is 0.0321. The number of rotatable bonds is 55. The Morgan fingerprint density at radius 2 is 0.723 bits per heavy atom. The number of nitrogens with one attached hydrogen (secondary N) is 1. The summed E-state index contributed by atoms with van der Waals surface area (Å²) in [6.45, 7) is 4.95. The average molecular weight is 919 g/mol. The normalized spacial score (nSPS) is 12.6. The van der Waals surface area contributed by atoms with Gasteiger partial charge in [0.25, 0.3) is 0 Å². The van der Waals surface area contributed by atoms with Gasteiger partial charge in [-0.15, -0.1) is 0 Å². The standard InChI is InChI=1S/C59H115NO5/c1-3-5-7-9-11-13-15-16-17-26-29-33-37-41-45-49-53-59(64)65-54-50-46-42-38-34-30-27-24-22-20-18-19-21-23-25-28-32-36-40-44-48-52-58(63)60-56(55-61)57(62)51-47-43-39-35-31-14-12-10-8-6-4-2/h17,26,56-57,61-62H,3-16,18-25,27-55H2,1-2H3,(H,60,63)/b26-17-. The summed E-state index contributed by atoms with van der Waals surface area (Å²) in [6.07, 6.45) is 65.0. The summed E-state index contributed by atoms with van der Waals surface area (Å²) in [7, 11) is 0. The molecule has 2 atom stereocenters. The van der Waals surface area contributed by atoms with Gasteiger partial charge < -0.3 is 20.3 Å². The molecule has 0 bridgehead atoms. The van der Waals surface area contributed by atoms with Gasteiger partial charge in [-0.1, -0.05) is 276 Å². The molecule has 0 heterocycles. The summed E-state index contributed by atoms with van der Waals surface area (Å²) in [5.74, 6) is -0.0308. The van der Waals surface area contributed by atoms with E-state index in [1.54, 1.807) is 0 Å². The Hall–Kier alpha value is -1.40. The maximum Gasteiger partial charge on any atom is 0.305 e. The van der Waals surface area contributed by atoms with Crippen molar-refractivity contribution in [2.24, 2.45) is 0 Å². The van der Waals surface area contributed by atoms with Crippen LogP contribution in [0.25, 0.3) is 0 Å². The Balaban J connectivity index is 3.36. The van der Waals surface area contributed by atoms with Gasteiger partial charge in [-0.05, 0) is 51.4 Å². The van der Waals surface area contributed by atoms with Crippen LogP contribution in [-0.4, -0.2) is 47.4 Å². The zero-order valence-corrected chi connectivity index (χ0v) is 44.0. The molecule has 6 nitrogen and oxygen atoms in total. The number of hydrogen-bond acceptors (Lipinski definition) is 5. The van der Waals surface area contributed by atoms with Crippen molar-refractivity contribution in [1.82, 2.24) is 5.32 Å². The molecular weight excluding hydrogens is 803 g/mol. The molecule has 0 aromatic rings. The minimum atomic E-state index is -0.663. The predicted octanol–water partition coefficient (Wildman–Crippen LogP) is 18.1. The van der Waals surface area contributed by atoms with Gasteiger partial charge in [-0.2, -0.15) is 0 Å². The third kappa shape index (κ3) is 51.8. The van der Waals surface area contributed by atoms with Crippen LogP contribution in [0.4, 0.5) is 0 Å². The fraction of sp³-hybridized carbons (Fsp3) is 0.932. The fourth-order valence-corrected chi connectivity index (χ4v) is 9.28. The third-order valence-electron chi connectivity index (χ3n) is 13.8. The van der Waals surface area contributed by atoms with E-state index in [0.29, 0.717) is 25.9 Å². The van der Waals surface area contributed by atoms with Crippen LogP contribution in [0.1, 0.15) is 328 Å². The third-order valence-corrected chi connectivity index (χ3v) is 13.8. The zero-order valence-electron chi connectivity index (χ0n) is 44.0. The Morgan fingerprint density at radius 1 is 0.415 bits per heavy atom. The molecule has 0 spiro atoms. The molecule has 0 aromatic heterocycles.